The van der Waals surface area contributed by atoms with Gasteiger partial charge in [-0.15, -0.1) is 0 Å². The largest absolute Gasteiger partial charge is 0.411 e. The van der Waals surface area contributed by atoms with Gasteiger partial charge < -0.3 is 10.5 Å². The standard InChI is InChI=1S/C7H12F3NO/c8-7(9,10)4-12-6-3-1-2-5(6)11/h5-6H,1-4,11H2/t5-,6-/m0/s1. The summed E-state index contributed by atoms with van der Waals surface area (Å²) < 4.78 is 39.6. The average Bonchev–Trinajstić information content (AvgIpc) is 2.29. The highest BCUT2D eigenvalue weighted by atomic mass is 19.4. The summed E-state index contributed by atoms with van der Waals surface area (Å²) in [5.74, 6) is 0. The molecular formula is C7H12F3NO. The Balaban J connectivity index is 2.23. The van der Waals surface area contributed by atoms with Crippen molar-refractivity contribution in [3.63, 3.8) is 0 Å². The van der Waals surface area contributed by atoms with Crippen molar-refractivity contribution in [3.8, 4) is 0 Å². The first-order chi connectivity index (χ1) is 5.49. The van der Waals surface area contributed by atoms with Crippen LogP contribution < -0.4 is 5.73 Å². The molecule has 0 bridgehead atoms. The molecule has 0 amide bonds. The van der Waals surface area contributed by atoms with Crippen molar-refractivity contribution in [3.05, 3.63) is 0 Å². The minimum absolute atomic E-state index is 0.215. The van der Waals surface area contributed by atoms with Gasteiger partial charge in [0.25, 0.3) is 0 Å². The molecule has 5 heteroatoms. The smallest absolute Gasteiger partial charge is 0.367 e. The van der Waals surface area contributed by atoms with Gasteiger partial charge in [-0.3, -0.25) is 0 Å². The normalized spacial score (nSPS) is 31.0. The summed E-state index contributed by atoms with van der Waals surface area (Å²) in [5, 5.41) is 0. The van der Waals surface area contributed by atoms with Crippen molar-refractivity contribution < 1.29 is 17.9 Å². The lowest BCUT2D eigenvalue weighted by Crippen LogP contribution is -2.34. The van der Waals surface area contributed by atoms with Gasteiger partial charge in [0, 0.05) is 6.04 Å². The van der Waals surface area contributed by atoms with Gasteiger partial charge in [-0.25, -0.2) is 0 Å². The molecule has 1 saturated carbocycles. The molecule has 1 rings (SSSR count). The highest BCUT2D eigenvalue weighted by Crippen LogP contribution is 2.23. The van der Waals surface area contributed by atoms with Crippen molar-refractivity contribution in [2.24, 2.45) is 5.73 Å². The summed E-state index contributed by atoms with van der Waals surface area (Å²) in [7, 11) is 0. The van der Waals surface area contributed by atoms with E-state index in [-0.39, 0.29) is 6.04 Å². The van der Waals surface area contributed by atoms with Crippen molar-refractivity contribution in [1.82, 2.24) is 0 Å². The van der Waals surface area contributed by atoms with Gasteiger partial charge in [-0.1, -0.05) is 0 Å². The predicted molar refractivity (Wildman–Crippen MR) is 37.6 cm³/mol. The van der Waals surface area contributed by atoms with E-state index in [0.29, 0.717) is 6.42 Å². The van der Waals surface area contributed by atoms with Crippen LogP contribution >= 0.6 is 0 Å². The number of halogens is 3. The molecule has 1 aliphatic rings. The van der Waals surface area contributed by atoms with E-state index in [1.807, 2.05) is 0 Å². The zero-order chi connectivity index (χ0) is 9.19. The molecule has 1 aliphatic carbocycles. The van der Waals surface area contributed by atoms with E-state index in [2.05, 4.69) is 4.74 Å². The number of nitrogens with two attached hydrogens (primary N) is 1. The monoisotopic (exact) mass is 183 g/mol. The van der Waals surface area contributed by atoms with Crippen LogP contribution in [0.3, 0.4) is 0 Å². The van der Waals surface area contributed by atoms with Crippen LogP contribution in [0.5, 0.6) is 0 Å². The summed E-state index contributed by atoms with van der Waals surface area (Å²) in [4.78, 5) is 0. The van der Waals surface area contributed by atoms with E-state index >= 15 is 0 Å². The second kappa shape index (κ2) is 3.62. The fraction of sp³-hybridized carbons (Fsp3) is 1.00. The van der Waals surface area contributed by atoms with E-state index in [4.69, 9.17) is 5.73 Å². The number of alkyl halides is 3. The summed E-state index contributed by atoms with van der Waals surface area (Å²) in [6, 6.07) is -0.215. The maximum absolute atomic E-state index is 11.7. The lowest BCUT2D eigenvalue weighted by molar-refractivity contribution is -0.185. The minimum Gasteiger partial charge on any atom is -0.367 e. The maximum Gasteiger partial charge on any atom is 0.411 e. The number of hydrogen-bond donors (Lipinski definition) is 1. The topological polar surface area (TPSA) is 35.2 Å². The Morgan fingerprint density at radius 3 is 2.42 bits per heavy atom. The van der Waals surface area contributed by atoms with E-state index in [1.54, 1.807) is 0 Å². The van der Waals surface area contributed by atoms with Gasteiger partial charge in [0.1, 0.15) is 6.61 Å². The third-order valence-electron chi connectivity index (χ3n) is 1.96. The lowest BCUT2D eigenvalue weighted by atomic mass is 10.2. The Kier molecular flexibility index (Phi) is 2.95. The molecule has 0 heterocycles. The van der Waals surface area contributed by atoms with Gasteiger partial charge in [0.05, 0.1) is 6.10 Å². The van der Waals surface area contributed by atoms with E-state index < -0.39 is 18.9 Å². The predicted octanol–water partition coefficient (Wildman–Crippen LogP) is 1.45. The first-order valence-electron chi connectivity index (χ1n) is 3.93. The quantitative estimate of drug-likeness (QED) is 0.703. The zero-order valence-electron chi connectivity index (χ0n) is 6.60. The molecule has 2 nitrogen and oxygen atoms in total. The second-order valence-electron chi connectivity index (χ2n) is 3.06. The van der Waals surface area contributed by atoms with Crippen LogP contribution in [-0.4, -0.2) is 24.9 Å². The number of ether oxygens (including phenoxy) is 1. The first kappa shape index (κ1) is 9.80. The molecule has 0 aromatic heterocycles. The molecule has 1 fully saturated rings. The third-order valence-corrected chi connectivity index (χ3v) is 1.96. The van der Waals surface area contributed by atoms with Gasteiger partial charge in [0.15, 0.2) is 0 Å². The van der Waals surface area contributed by atoms with Crippen molar-refractivity contribution in [1.29, 1.82) is 0 Å². The Morgan fingerprint density at radius 1 is 1.33 bits per heavy atom. The van der Waals surface area contributed by atoms with Gasteiger partial charge in [0.2, 0.25) is 0 Å². The lowest BCUT2D eigenvalue weighted by Gasteiger charge is -2.17. The summed E-state index contributed by atoms with van der Waals surface area (Å²) in [6.07, 6.45) is -2.35. The maximum atomic E-state index is 11.7. The fourth-order valence-electron chi connectivity index (χ4n) is 1.36. The summed E-state index contributed by atoms with van der Waals surface area (Å²) in [6.45, 7) is -1.18. The fourth-order valence-corrected chi connectivity index (χ4v) is 1.36. The molecule has 12 heavy (non-hydrogen) atoms. The molecule has 0 saturated heterocycles. The van der Waals surface area contributed by atoms with Gasteiger partial charge >= 0.3 is 6.18 Å². The first-order valence-corrected chi connectivity index (χ1v) is 3.93. The van der Waals surface area contributed by atoms with Crippen molar-refractivity contribution in [2.45, 2.75) is 37.6 Å². The number of hydrogen-bond acceptors (Lipinski definition) is 2. The molecular weight excluding hydrogens is 171 g/mol. The van der Waals surface area contributed by atoms with Crippen LogP contribution in [0.4, 0.5) is 13.2 Å². The highest BCUT2D eigenvalue weighted by molar-refractivity contribution is 4.81. The van der Waals surface area contributed by atoms with E-state index in [9.17, 15) is 13.2 Å². The van der Waals surface area contributed by atoms with E-state index in [1.165, 1.54) is 0 Å². The van der Waals surface area contributed by atoms with Crippen LogP contribution in [-0.2, 0) is 4.74 Å². The van der Waals surface area contributed by atoms with Gasteiger partial charge in [-0.05, 0) is 19.3 Å². The molecule has 0 aromatic rings. The van der Waals surface area contributed by atoms with Crippen LogP contribution in [0.2, 0.25) is 0 Å². The van der Waals surface area contributed by atoms with Crippen LogP contribution in [0.15, 0.2) is 0 Å². The third kappa shape index (κ3) is 2.98. The highest BCUT2D eigenvalue weighted by Gasteiger charge is 2.32. The van der Waals surface area contributed by atoms with Crippen LogP contribution in [0.1, 0.15) is 19.3 Å². The summed E-state index contributed by atoms with van der Waals surface area (Å²) >= 11 is 0. The van der Waals surface area contributed by atoms with Crippen molar-refractivity contribution >= 4 is 0 Å². The molecule has 0 spiro atoms. The molecule has 0 radical (unpaired) electrons. The van der Waals surface area contributed by atoms with Crippen molar-refractivity contribution in [2.75, 3.05) is 6.61 Å². The van der Waals surface area contributed by atoms with E-state index in [0.717, 1.165) is 12.8 Å². The Labute approximate surface area is 68.9 Å². The van der Waals surface area contributed by atoms with Crippen LogP contribution in [0.25, 0.3) is 0 Å². The zero-order valence-corrected chi connectivity index (χ0v) is 6.60. The Hall–Kier alpha value is -0.290. The molecule has 0 unspecified atom stereocenters. The summed E-state index contributed by atoms with van der Waals surface area (Å²) in [5.41, 5.74) is 5.52. The minimum atomic E-state index is -4.23. The Bertz CT molecular complexity index is 148. The number of rotatable bonds is 2. The molecule has 2 atom stereocenters. The molecule has 0 aromatic carbocycles. The molecule has 0 aliphatic heterocycles. The molecule has 2 N–H and O–H groups in total. The SMILES string of the molecule is N[C@H]1CCC[C@@H]1OCC(F)(F)F. The average molecular weight is 183 g/mol. The van der Waals surface area contributed by atoms with Crippen LogP contribution in [0, 0.1) is 0 Å². The van der Waals surface area contributed by atoms with Gasteiger partial charge in [-0.2, -0.15) is 13.2 Å². The molecule has 72 valence electrons. The Morgan fingerprint density at radius 2 is 2.00 bits per heavy atom. The second-order valence-corrected chi connectivity index (χ2v) is 3.06.